The van der Waals surface area contributed by atoms with E-state index in [-0.39, 0.29) is 23.0 Å². The molecule has 132 valence electrons. The Morgan fingerprint density at radius 2 is 1.57 bits per heavy atom. The van der Waals surface area contributed by atoms with Crippen molar-refractivity contribution in [2.24, 2.45) is 16.7 Å². The van der Waals surface area contributed by atoms with Gasteiger partial charge in [-0.2, -0.15) is 0 Å². The van der Waals surface area contributed by atoms with Gasteiger partial charge in [0.1, 0.15) is 5.78 Å². The molecule has 0 spiro atoms. The fourth-order valence-corrected chi connectivity index (χ4v) is 2.68. The van der Waals surface area contributed by atoms with Gasteiger partial charge < -0.3 is 4.74 Å². The quantitative estimate of drug-likeness (QED) is 0.388. The average Bonchev–Trinajstić information content (AvgIpc) is 2.37. The fraction of sp³-hybridized carbons (Fsp3) is 0.700. The Bertz CT molecular complexity index is 482. The predicted molar refractivity (Wildman–Crippen MR) is 96.2 cm³/mol. The van der Waals surface area contributed by atoms with E-state index in [0.29, 0.717) is 11.5 Å². The number of carbonyl (C=O) groups is 2. The largest absolute Gasteiger partial charge is 0.465 e. The molecule has 23 heavy (non-hydrogen) atoms. The van der Waals surface area contributed by atoms with Crippen LogP contribution < -0.4 is 0 Å². The SMILES string of the molecule is COC(=O)C(=CCC(C)=O)C=C(C)C(CC(C)(C)C)C(C)(C)C. The maximum absolute atomic E-state index is 12.0. The van der Waals surface area contributed by atoms with Crippen molar-refractivity contribution in [3.8, 4) is 0 Å². The van der Waals surface area contributed by atoms with E-state index < -0.39 is 5.97 Å². The van der Waals surface area contributed by atoms with Crippen molar-refractivity contribution in [3.63, 3.8) is 0 Å². The minimum atomic E-state index is -0.394. The summed E-state index contributed by atoms with van der Waals surface area (Å²) in [5.41, 5.74) is 1.90. The van der Waals surface area contributed by atoms with Crippen LogP contribution in [0, 0.1) is 16.7 Å². The van der Waals surface area contributed by atoms with Gasteiger partial charge in [-0.25, -0.2) is 4.79 Å². The van der Waals surface area contributed by atoms with E-state index in [1.165, 1.54) is 14.0 Å². The van der Waals surface area contributed by atoms with Crippen molar-refractivity contribution in [1.82, 2.24) is 0 Å². The van der Waals surface area contributed by atoms with Gasteiger partial charge in [0, 0.05) is 6.42 Å². The molecule has 0 saturated heterocycles. The predicted octanol–water partition coefficient (Wildman–Crippen LogP) is 5.11. The number of rotatable bonds is 6. The summed E-state index contributed by atoms with van der Waals surface area (Å²) in [5.74, 6) is -0.0265. The van der Waals surface area contributed by atoms with Crippen LogP contribution in [-0.4, -0.2) is 18.9 Å². The first-order valence-corrected chi connectivity index (χ1v) is 8.24. The van der Waals surface area contributed by atoms with Crippen LogP contribution in [0.4, 0.5) is 0 Å². The van der Waals surface area contributed by atoms with E-state index in [4.69, 9.17) is 4.74 Å². The lowest BCUT2D eigenvalue weighted by atomic mass is 9.69. The van der Waals surface area contributed by atoms with E-state index in [9.17, 15) is 9.59 Å². The van der Waals surface area contributed by atoms with Crippen molar-refractivity contribution >= 4 is 11.8 Å². The number of esters is 1. The zero-order valence-corrected chi connectivity index (χ0v) is 16.4. The van der Waals surface area contributed by atoms with Crippen LogP contribution in [0.25, 0.3) is 0 Å². The third-order valence-corrected chi connectivity index (χ3v) is 3.83. The molecular formula is C20H34O3. The van der Waals surface area contributed by atoms with Gasteiger partial charge in [0.2, 0.25) is 0 Å². The summed E-state index contributed by atoms with van der Waals surface area (Å²) in [4.78, 5) is 23.2. The molecule has 0 bridgehead atoms. The lowest BCUT2D eigenvalue weighted by molar-refractivity contribution is -0.135. The minimum Gasteiger partial charge on any atom is -0.465 e. The number of carbonyl (C=O) groups excluding carboxylic acids is 2. The van der Waals surface area contributed by atoms with Gasteiger partial charge in [0.15, 0.2) is 0 Å². The van der Waals surface area contributed by atoms with Gasteiger partial charge in [-0.3, -0.25) is 4.79 Å². The summed E-state index contributed by atoms with van der Waals surface area (Å²) >= 11 is 0. The van der Waals surface area contributed by atoms with Gasteiger partial charge in [-0.05, 0) is 43.1 Å². The van der Waals surface area contributed by atoms with E-state index in [1.807, 2.05) is 6.08 Å². The molecule has 3 heteroatoms. The zero-order valence-electron chi connectivity index (χ0n) is 16.4. The first kappa shape index (κ1) is 21.6. The maximum atomic E-state index is 12.0. The molecule has 0 rings (SSSR count). The highest BCUT2D eigenvalue weighted by atomic mass is 16.5. The summed E-state index contributed by atoms with van der Waals surface area (Å²) < 4.78 is 4.85. The van der Waals surface area contributed by atoms with Crippen LogP contribution in [0.1, 0.15) is 68.2 Å². The molecule has 0 aliphatic rings. The van der Waals surface area contributed by atoms with Crippen LogP contribution in [0.15, 0.2) is 23.3 Å². The summed E-state index contributed by atoms with van der Waals surface area (Å²) in [7, 11) is 1.36. The highest BCUT2D eigenvalue weighted by Gasteiger charge is 2.30. The summed E-state index contributed by atoms with van der Waals surface area (Å²) in [6.07, 6.45) is 4.82. The molecule has 0 aromatic heterocycles. The number of allylic oxidation sites excluding steroid dienone is 2. The Morgan fingerprint density at radius 1 is 1.04 bits per heavy atom. The molecule has 1 atom stereocenters. The van der Waals surface area contributed by atoms with Crippen molar-refractivity contribution in [3.05, 3.63) is 23.3 Å². The van der Waals surface area contributed by atoms with Crippen LogP contribution in [-0.2, 0) is 14.3 Å². The number of Topliss-reactive ketones (excluding diaryl/α,β-unsaturated/α-hetero) is 1. The maximum Gasteiger partial charge on any atom is 0.337 e. The molecule has 0 aromatic carbocycles. The van der Waals surface area contributed by atoms with Crippen LogP contribution in [0.5, 0.6) is 0 Å². The standard InChI is InChI=1S/C20H34O3/c1-14(17(20(6,7)8)13-19(3,4)5)12-16(18(22)23-9)11-10-15(2)21/h11-12,17H,10,13H2,1-9H3. The first-order valence-electron chi connectivity index (χ1n) is 8.24. The van der Waals surface area contributed by atoms with E-state index in [1.54, 1.807) is 6.08 Å². The minimum absolute atomic E-state index is 0.0273. The molecular weight excluding hydrogens is 288 g/mol. The number of methoxy groups -OCH3 is 1. The van der Waals surface area contributed by atoms with Crippen molar-refractivity contribution in [2.75, 3.05) is 7.11 Å². The van der Waals surface area contributed by atoms with Crippen molar-refractivity contribution in [2.45, 2.75) is 68.2 Å². The number of ether oxygens (including phenoxy) is 1. The Morgan fingerprint density at radius 3 is 1.91 bits per heavy atom. The smallest absolute Gasteiger partial charge is 0.337 e. The van der Waals surface area contributed by atoms with E-state index in [2.05, 4.69) is 48.5 Å². The molecule has 0 amide bonds. The number of ketones is 1. The molecule has 0 aromatic rings. The van der Waals surface area contributed by atoms with Crippen LogP contribution in [0.2, 0.25) is 0 Å². The monoisotopic (exact) mass is 322 g/mol. The Kier molecular flexibility index (Phi) is 7.96. The molecule has 0 N–H and O–H groups in total. The Labute approximate surface area is 142 Å². The van der Waals surface area contributed by atoms with Crippen molar-refractivity contribution < 1.29 is 14.3 Å². The van der Waals surface area contributed by atoms with Crippen molar-refractivity contribution in [1.29, 1.82) is 0 Å². The summed E-state index contributed by atoms with van der Waals surface area (Å²) in [6, 6.07) is 0. The lowest BCUT2D eigenvalue weighted by Gasteiger charge is -2.36. The third kappa shape index (κ3) is 8.73. The second-order valence-corrected chi connectivity index (χ2v) is 8.63. The molecule has 0 aliphatic heterocycles. The van der Waals surface area contributed by atoms with E-state index >= 15 is 0 Å². The van der Waals surface area contributed by atoms with Gasteiger partial charge in [-0.15, -0.1) is 0 Å². The Balaban J connectivity index is 5.69. The van der Waals surface area contributed by atoms with Crippen LogP contribution >= 0.6 is 0 Å². The summed E-state index contributed by atoms with van der Waals surface area (Å²) in [5, 5.41) is 0. The normalized spacial score (nSPS) is 15.3. The van der Waals surface area contributed by atoms with E-state index in [0.717, 1.165) is 12.0 Å². The number of hydrogen-bond donors (Lipinski definition) is 0. The second-order valence-electron chi connectivity index (χ2n) is 8.63. The Hall–Kier alpha value is -1.38. The number of hydrogen-bond acceptors (Lipinski definition) is 3. The van der Waals surface area contributed by atoms with Gasteiger partial charge >= 0.3 is 5.97 Å². The molecule has 0 fully saturated rings. The fourth-order valence-electron chi connectivity index (χ4n) is 2.68. The highest BCUT2D eigenvalue weighted by molar-refractivity contribution is 5.92. The average molecular weight is 322 g/mol. The topological polar surface area (TPSA) is 43.4 Å². The molecule has 0 saturated carbocycles. The van der Waals surface area contributed by atoms with Gasteiger partial charge in [-0.1, -0.05) is 53.2 Å². The zero-order chi connectivity index (χ0) is 18.4. The molecule has 0 heterocycles. The van der Waals surface area contributed by atoms with Gasteiger partial charge in [0.05, 0.1) is 12.7 Å². The summed E-state index contributed by atoms with van der Waals surface area (Å²) in [6.45, 7) is 16.9. The van der Waals surface area contributed by atoms with Crippen LogP contribution in [0.3, 0.4) is 0 Å². The molecule has 0 aliphatic carbocycles. The molecule has 1 unspecified atom stereocenters. The third-order valence-electron chi connectivity index (χ3n) is 3.83. The molecule has 3 nitrogen and oxygen atoms in total. The molecule has 0 radical (unpaired) electrons. The first-order chi connectivity index (χ1) is 10.3. The van der Waals surface area contributed by atoms with Gasteiger partial charge in [0.25, 0.3) is 0 Å². The second kappa shape index (κ2) is 8.47. The lowest BCUT2D eigenvalue weighted by Crippen LogP contribution is -2.26. The highest BCUT2D eigenvalue weighted by Crippen LogP contribution is 2.40.